The molecule has 0 spiro atoms. The van der Waals surface area contributed by atoms with Crippen LogP contribution < -0.4 is 10.2 Å². The molecule has 0 bridgehead atoms. The highest BCUT2D eigenvalue weighted by Gasteiger charge is 2.22. The number of carbonyl (C=O) groups is 1. The lowest BCUT2D eigenvalue weighted by molar-refractivity contribution is 0.195. The molecule has 1 aromatic heterocycles. The quantitative estimate of drug-likeness (QED) is 0.884. The number of hydrogen-bond donors (Lipinski definition) is 2. The van der Waals surface area contributed by atoms with Gasteiger partial charge in [-0.3, -0.25) is 0 Å². The van der Waals surface area contributed by atoms with E-state index in [9.17, 15) is 4.79 Å². The third-order valence-electron chi connectivity index (χ3n) is 3.82. The number of carbonyl (C=O) groups excluding carboxylic acids is 1. The highest BCUT2D eigenvalue weighted by atomic mass is 16.2. The first-order chi connectivity index (χ1) is 10.2. The van der Waals surface area contributed by atoms with E-state index in [1.807, 2.05) is 17.9 Å². The fraction of sp³-hybridized carbons (Fsp3) is 0.467. The Kier molecular flexibility index (Phi) is 3.68. The normalized spacial score (nSPS) is 15.5. The number of aromatic nitrogens is 2. The van der Waals surface area contributed by atoms with E-state index in [-0.39, 0.29) is 6.03 Å². The van der Waals surface area contributed by atoms with Gasteiger partial charge in [0.2, 0.25) is 5.95 Å². The number of aromatic amines is 1. The van der Waals surface area contributed by atoms with Crippen LogP contribution in [-0.4, -0.2) is 53.6 Å². The molecule has 2 heterocycles. The van der Waals surface area contributed by atoms with E-state index < -0.39 is 0 Å². The van der Waals surface area contributed by atoms with Crippen LogP contribution in [0.25, 0.3) is 11.0 Å². The Morgan fingerprint density at radius 2 is 2.10 bits per heavy atom. The Balaban J connectivity index is 1.69. The van der Waals surface area contributed by atoms with Crippen molar-refractivity contribution in [2.45, 2.75) is 13.8 Å². The summed E-state index contributed by atoms with van der Waals surface area (Å²) in [5.41, 5.74) is 3.27. The molecule has 6 nitrogen and oxygen atoms in total. The van der Waals surface area contributed by atoms with Gasteiger partial charge in [-0.25, -0.2) is 9.78 Å². The maximum atomic E-state index is 11.8. The molecule has 0 saturated carbocycles. The topological polar surface area (TPSA) is 64.3 Å². The number of imidazole rings is 1. The minimum absolute atomic E-state index is 0.0254. The van der Waals surface area contributed by atoms with Crippen molar-refractivity contribution >= 4 is 23.0 Å². The number of nitrogens with one attached hydrogen (secondary N) is 2. The predicted octanol–water partition coefficient (Wildman–Crippen LogP) is 1.72. The zero-order valence-corrected chi connectivity index (χ0v) is 12.5. The lowest BCUT2D eigenvalue weighted by Gasteiger charge is -2.34. The molecular weight excluding hydrogens is 266 g/mol. The predicted molar refractivity (Wildman–Crippen MR) is 83.7 cm³/mol. The summed E-state index contributed by atoms with van der Waals surface area (Å²) < 4.78 is 0. The summed E-state index contributed by atoms with van der Waals surface area (Å²) in [7, 11) is 0. The second-order valence-electron chi connectivity index (χ2n) is 5.39. The molecular formula is C15H21N5O. The number of hydrogen-bond acceptors (Lipinski definition) is 3. The third-order valence-corrected chi connectivity index (χ3v) is 3.82. The van der Waals surface area contributed by atoms with Crippen molar-refractivity contribution in [1.82, 2.24) is 20.2 Å². The van der Waals surface area contributed by atoms with Crippen molar-refractivity contribution in [1.29, 1.82) is 0 Å². The van der Waals surface area contributed by atoms with E-state index in [1.165, 1.54) is 5.56 Å². The van der Waals surface area contributed by atoms with Crippen LogP contribution in [0.3, 0.4) is 0 Å². The summed E-state index contributed by atoms with van der Waals surface area (Å²) >= 11 is 0. The van der Waals surface area contributed by atoms with Gasteiger partial charge < -0.3 is 20.1 Å². The first-order valence-corrected chi connectivity index (χ1v) is 7.41. The Morgan fingerprint density at radius 3 is 2.81 bits per heavy atom. The van der Waals surface area contributed by atoms with Crippen LogP contribution in [0, 0.1) is 6.92 Å². The van der Waals surface area contributed by atoms with Crippen molar-refractivity contribution in [3.05, 3.63) is 23.8 Å². The minimum Gasteiger partial charge on any atom is -0.339 e. The standard InChI is InChI=1S/C15H21N5O/c1-3-16-15(21)20-8-6-19(7-9-20)14-17-12-5-4-11(2)10-13(12)18-14/h4-5,10H,3,6-9H2,1-2H3,(H,16,21)(H,17,18). The van der Waals surface area contributed by atoms with Crippen molar-refractivity contribution in [2.75, 3.05) is 37.6 Å². The number of H-pyrrole nitrogens is 1. The molecule has 1 fully saturated rings. The molecule has 2 aromatic rings. The summed E-state index contributed by atoms with van der Waals surface area (Å²) in [4.78, 5) is 23.9. The van der Waals surface area contributed by atoms with E-state index in [0.29, 0.717) is 6.54 Å². The highest BCUT2D eigenvalue weighted by Crippen LogP contribution is 2.19. The van der Waals surface area contributed by atoms with Gasteiger partial charge in [-0.1, -0.05) is 6.07 Å². The first kappa shape index (κ1) is 13.7. The fourth-order valence-corrected chi connectivity index (χ4v) is 2.64. The lowest BCUT2D eigenvalue weighted by Crippen LogP contribution is -2.52. The Morgan fingerprint density at radius 1 is 1.33 bits per heavy atom. The van der Waals surface area contributed by atoms with Crippen LogP contribution in [0.1, 0.15) is 12.5 Å². The lowest BCUT2D eigenvalue weighted by atomic mass is 10.2. The van der Waals surface area contributed by atoms with E-state index >= 15 is 0 Å². The molecule has 0 atom stereocenters. The number of aryl methyl sites for hydroxylation is 1. The van der Waals surface area contributed by atoms with Gasteiger partial charge in [0.25, 0.3) is 0 Å². The smallest absolute Gasteiger partial charge is 0.317 e. The minimum atomic E-state index is 0.0254. The first-order valence-electron chi connectivity index (χ1n) is 7.41. The van der Waals surface area contributed by atoms with E-state index in [1.54, 1.807) is 0 Å². The monoisotopic (exact) mass is 287 g/mol. The average Bonchev–Trinajstić information content (AvgIpc) is 2.90. The van der Waals surface area contributed by atoms with Gasteiger partial charge in [-0.2, -0.15) is 0 Å². The van der Waals surface area contributed by atoms with Crippen LogP contribution in [-0.2, 0) is 0 Å². The maximum absolute atomic E-state index is 11.8. The van der Waals surface area contributed by atoms with E-state index in [4.69, 9.17) is 0 Å². The van der Waals surface area contributed by atoms with Crippen LogP contribution in [0.4, 0.5) is 10.7 Å². The number of urea groups is 1. The largest absolute Gasteiger partial charge is 0.339 e. The molecule has 21 heavy (non-hydrogen) atoms. The van der Waals surface area contributed by atoms with Crippen molar-refractivity contribution in [3.63, 3.8) is 0 Å². The zero-order valence-electron chi connectivity index (χ0n) is 12.5. The molecule has 112 valence electrons. The molecule has 6 heteroatoms. The summed E-state index contributed by atoms with van der Waals surface area (Å²) in [6, 6.07) is 6.24. The molecule has 0 unspecified atom stereocenters. The van der Waals surface area contributed by atoms with Crippen LogP contribution in [0.15, 0.2) is 18.2 Å². The Bertz CT molecular complexity index is 643. The van der Waals surface area contributed by atoms with Gasteiger partial charge in [-0.05, 0) is 31.5 Å². The SMILES string of the molecule is CCNC(=O)N1CCN(c2nc3ccc(C)cc3[nH]2)CC1. The van der Waals surface area contributed by atoms with Crippen LogP contribution in [0.5, 0.6) is 0 Å². The van der Waals surface area contributed by atoms with Gasteiger partial charge in [0.1, 0.15) is 0 Å². The van der Waals surface area contributed by atoms with Gasteiger partial charge in [0.15, 0.2) is 0 Å². The number of rotatable bonds is 2. The second kappa shape index (κ2) is 5.63. The molecule has 2 N–H and O–H groups in total. The Hall–Kier alpha value is -2.24. The molecule has 2 amide bonds. The Labute approximate surface area is 124 Å². The molecule has 3 rings (SSSR count). The van der Waals surface area contributed by atoms with Crippen molar-refractivity contribution < 1.29 is 4.79 Å². The van der Waals surface area contributed by atoms with Crippen LogP contribution in [0.2, 0.25) is 0 Å². The number of nitrogens with zero attached hydrogens (tertiary/aromatic N) is 3. The van der Waals surface area contributed by atoms with E-state index in [2.05, 4.69) is 39.2 Å². The summed E-state index contributed by atoms with van der Waals surface area (Å²) in [6.45, 7) is 7.73. The molecule has 0 aliphatic carbocycles. The number of benzene rings is 1. The molecule has 1 aromatic carbocycles. The number of anilines is 1. The van der Waals surface area contributed by atoms with Crippen molar-refractivity contribution in [2.24, 2.45) is 0 Å². The number of piperazine rings is 1. The van der Waals surface area contributed by atoms with Gasteiger partial charge in [-0.15, -0.1) is 0 Å². The van der Waals surface area contributed by atoms with Gasteiger partial charge in [0.05, 0.1) is 11.0 Å². The van der Waals surface area contributed by atoms with Gasteiger partial charge >= 0.3 is 6.03 Å². The maximum Gasteiger partial charge on any atom is 0.317 e. The molecule has 0 radical (unpaired) electrons. The number of fused-ring (bicyclic) bond motifs is 1. The number of amides is 2. The highest BCUT2D eigenvalue weighted by molar-refractivity contribution is 5.78. The molecule has 1 aliphatic heterocycles. The summed E-state index contributed by atoms with van der Waals surface area (Å²) in [5, 5.41) is 2.84. The third kappa shape index (κ3) is 2.79. The van der Waals surface area contributed by atoms with Crippen LogP contribution >= 0.6 is 0 Å². The average molecular weight is 287 g/mol. The summed E-state index contributed by atoms with van der Waals surface area (Å²) in [5.74, 6) is 0.895. The summed E-state index contributed by atoms with van der Waals surface area (Å²) in [6.07, 6.45) is 0. The second-order valence-corrected chi connectivity index (χ2v) is 5.39. The van der Waals surface area contributed by atoms with Crippen molar-refractivity contribution in [3.8, 4) is 0 Å². The molecule has 1 aliphatic rings. The fourth-order valence-electron chi connectivity index (χ4n) is 2.64. The van der Waals surface area contributed by atoms with Gasteiger partial charge in [0, 0.05) is 32.7 Å². The molecule has 1 saturated heterocycles. The zero-order chi connectivity index (χ0) is 14.8. The van der Waals surface area contributed by atoms with E-state index in [0.717, 1.165) is 43.2 Å².